The lowest BCUT2D eigenvalue weighted by Crippen LogP contribution is -2.39. The van der Waals surface area contributed by atoms with Crippen molar-refractivity contribution >= 4 is 34.9 Å². The number of carbonyl (C=O) groups excluding carboxylic acids is 2. The summed E-state index contributed by atoms with van der Waals surface area (Å²) in [5, 5.41) is 4.19. The van der Waals surface area contributed by atoms with E-state index in [2.05, 4.69) is 10.3 Å². The molecule has 186 valence electrons. The van der Waals surface area contributed by atoms with Crippen molar-refractivity contribution < 1.29 is 27.6 Å². The highest BCUT2D eigenvalue weighted by Gasteiger charge is 2.59. The van der Waals surface area contributed by atoms with Gasteiger partial charge in [0, 0.05) is 19.3 Å². The van der Waals surface area contributed by atoms with Gasteiger partial charge in [0.25, 0.3) is 5.91 Å². The first-order valence-corrected chi connectivity index (χ1v) is 11.5. The van der Waals surface area contributed by atoms with Crippen molar-refractivity contribution in [2.24, 2.45) is 5.92 Å². The maximum absolute atomic E-state index is 13.4. The molecule has 3 heterocycles. The third-order valence-electron chi connectivity index (χ3n) is 6.15. The topological polar surface area (TPSA) is 74.8 Å². The Morgan fingerprint density at radius 1 is 1.00 bits per heavy atom. The van der Waals surface area contributed by atoms with Gasteiger partial charge in [-0.15, -0.1) is 0 Å². The van der Waals surface area contributed by atoms with Gasteiger partial charge in [0.1, 0.15) is 11.7 Å². The van der Waals surface area contributed by atoms with E-state index in [0.29, 0.717) is 6.20 Å². The molecule has 1 N–H and O–H groups in total. The second-order valence-corrected chi connectivity index (χ2v) is 8.78. The number of carbonyl (C=O) groups is 2. The Morgan fingerprint density at radius 2 is 1.67 bits per heavy atom. The Labute approximate surface area is 209 Å². The molecule has 0 saturated carbocycles. The van der Waals surface area contributed by atoms with Gasteiger partial charge in [-0.2, -0.15) is 13.2 Å². The van der Waals surface area contributed by atoms with Crippen LogP contribution in [0.1, 0.15) is 17.2 Å². The van der Waals surface area contributed by atoms with Crippen molar-refractivity contribution in [3.05, 3.63) is 89.1 Å². The first-order chi connectivity index (χ1) is 17.3. The molecule has 2 aliphatic rings. The SMILES string of the molecule is O=C1[C@H]2[C@H](ON(c3ccccc3)[C@@H]2c2ccccc2)C(=O)N1CCNc1ncc(C(F)(F)F)cc1Cl. The number of rotatable bonds is 6. The standard InChI is InChI=1S/C25H20ClF3N4O3/c26-18-13-16(25(27,28)29)14-31-22(18)30-11-12-32-23(34)19-20(15-7-3-1-4-8-15)33(36-21(19)24(32)35)17-9-5-2-6-10-17/h1-10,13-14,19-21H,11-12H2,(H,30,31)/t19-,20-,21+/m1/s1. The number of hydrogen-bond acceptors (Lipinski definition) is 6. The molecule has 2 amide bonds. The van der Waals surface area contributed by atoms with Gasteiger partial charge >= 0.3 is 6.18 Å². The van der Waals surface area contributed by atoms with Crippen molar-refractivity contribution in [2.45, 2.75) is 18.3 Å². The van der Waals surface area contributed by atoms with Crippen molar-refractivity contribution in [3.63, 3.8) is 0 Å². The minimum Gasteiger partial charge on any atom is -0.367 e. The number of hydrogen-bond donors (Lipinski definition) is 1. The number of nitrogens with zero attached hydrogens (tertiary/aromatic N) is 3. The van der Waals surface area contributed by atoms with E-state index < -0.39 is 35.7 Å². The minimum absolute atomic E-state index is 0.0256. The quantitative estimate of drug-likeness (QED) is 0.478. The van der Waals surface area contributed by atoms with Crippen LogP contribution in [0.25, 0.3) is 0 Å². The van der Waals surface area contributed by atoms with E-state index in [1.807, 2.05) is 60.7 Å². The van der Waals surface area contributed by atoms with Gasteiger partial charge in [0.05, 0.1) is 22.3 Å². The number of likely N-dealkylation sites (tertiary alicyclic amines) is 1. The predicted molar refractivity (Wildman–Crippen MR) is 126 cm³/mol. The molecule has 3 aromatic rings. The second-order valence-electron chi connectivity index (χ2n) is 8.38. The highest BCUT2D eigenvalue weighted by Crippen LogP contribution is 2.46. The molecule has 5 rings (SSSR count). The largest absolute Gasteiger partial charge is 0.417 e. The van der Waals surface area contributed by atoms with Crippen LogP contribution >= 0.6 is 11.6 Å². The summed E-state index contributed by atoms with van der Waals surface area (Å²) in [5.74, 6) is -1.59. The molecule has 0 bridgehead atoms. The number of pyridine rings is 1. The predicted octanol–water partition coefficient (Wildman–Crippen LogP) is 4.71. The zero-order valence-corrected chi connectivity index (χ0v) is 19.4. The molecule has 2 fully saturated rings. The third-order valence-corrected chi connectivity index (χ3v) is 6.44. The Morgan fingerprint density at radius 3 is 2.31 bits per heavy atom. The third kappa shape index (κ3) is 4.38. The summed E-state index contributed by atoms with van der Waals surface area (Å²) in [5.41, 5.74) is 0.580. The molecule has 2 aromatic carbocycles. The van der Waals surface area contributed by atoms with E-state index in [1.54, 1.807) is 5.06 Å². The summed E-state index contributed by atoms with van der Waals surface area (Å²) >= 11 is 5.93. The summed E-state index contributed by atoms with van der Waals surface area (Å²) in [4.78, 5) is 37.5. The van der Waals surface area contributed by atoms with E-state index in [1.165, 1.54) is 0 Å². The van der Waals surface area contributed by atoms with Gasteiger partial charge in [0.2, 0.25) is 5.91 Å². The van der Waals surface area contributed by atoms with Crippen LogP contribution in [0, 0.1) is 5.92 Å². The van der Waals surface area contributed by atoms with Gasteiger partial charge in [0.15, 0.2) is 6.10 Å². The number of halogens is 4. The molecule has 7 nitrogen and oxygen atoms in total. The number of hydroxylamine groups is 1. The van der Waals surface area contributed by atoms with Crippen molar-refractivity contribution in [2.75, 3.05) is 23.5 Å². The molecule has 36 heavy (non-hydrogen) atoms. The second kappa shape index (κ2) is 9.44. The van der Waals surface area contributed by atoms with E-state index in [4.69, 9.17) is 16.4 Å². The average molecular weight is 517 g/mol. The van der Waals surface area contributed by atoms with Crippen LogP contribution in [0.3, 0.4) is 0 Å². The molecular weight excluding hydrogens is 497 g/mol. The Bertz CT molecular complexity index is 1280. The van der Waals surface area contributed by atoms with Crippen molar-refractivity contribution in [3.8, 4) is 0 Å². The first-order valence-electron chi connectivity index (χ1n) is 11.1. The number of benzene rings is 2. The normalized spacial score (nSPS) is 21.7. The molecular formula is C25H20ClF3N4O3. The fourth-order valence-electron chi connectivity index (χ4n) is 4.49. The molecule has 2 saturated heterocycles. The van der Waals surface area contributed by atoms with Crippen molar-refractivity contribution in [1.29, 1.82) is 0 Å². The fourth-order valence-corrected chi connectivity index (χ4v) is 4.72. The van der Waals surface area contributed by atoms with Crippen LogP contribution in [-0.4, -0.2) is 40.9 Å². The number of aromatic nitrogens is 1. The van der Waals surface area contributed by atoms with E-state index >= 15 is 0 Å². The number of alkyl halides is 3. The number of imide groups is 1. The number of fused-ring (bicyclic) bond motifs is 1. The summed E-state index contributed by atoms with van der Waals surface area (Å²) in [6, 6.07) is 18.8. The van der Waals surface area contributed by atoms with Crippen LogP contribution in [0.15, 0.2) is 72.9 Å². The maximum Gasteiger partial charge on any atom is 0.417 e. The van der Waals surface area contributed by atoms with E-state index in [-0.39, 0.29) is 29.8 Å². The number of anilines is 2. The summed E-state index contributed by atoms with van der Waals surface area (Å²) in [6.07, 6.45) is -4.89. The zero-order valence-electron chi connectivity index (χ0n) is 18.7. The molecule has 1 aromatic heterocycles. The van der Waals surface area contributed by atoms with Crippen LogP contribution in [0.2, 0.25) is 5.02 Å². The number of nitrogens with one attached hydrogen (secondary N) is 1. The van der Waals surface area contributed by atoms with Gasteiger partial charge in [-0.3, -0.25) is 19.3 Å². The average Bonchev–Trinajstić information content (AvgIpc) is 3.37. The molecule has 3 atom stereocenters. The molecule has 0 radical (unpaired) electrons. The molecule has 2 aliphatic heterocycles. The van der Waals surface area contributed by atoms with Crippen LogP contribution in [0.4, 0.5) is 24.7 Å². The van der Waals surface area contributed by atoms with Crippen LogP contribution in [-0.2, 0) is 20.6 Å². The zero-order chi connectivity index (χ0) is 25.4. The lowest BCUT2D eigenvalue weighted by atomic mass is 9.90. The summed E-state index contributed by atoms with van der Waals surface area (Å²) in [6.45, 7) is 0.0211. The van der Waals surface area contributed by atoms with Gasteiger partial charge in [-0.05, 0) is 23.8 Å². The Balaban J connectivity index is 1.33. The Kier molecular flexibility index (Phi) is 6.31. The van der Waals surface area contributed by atoms with Crippen LogP contribution < -0.4 is 10.4 Å². The highest BCUT2D eigenvalue weighted by atomic mass is 35.5. The van der Waals surface area contributed by atoms with Gasteiger partial charge < -0.3 is 5.32 Å². The smallest absolute Gasteiger partial charge is 0.367 e. The summed E-state index contributed by atoms with van der Waals surface area (Å²) in [7, 11) is 0. The van der Waals surface area contributed by atoms with Gasteiger partial charge in [-0.1, -0.05) is 60.1 Å². The monoisotopic (exact) mass is 516 g/mol. The fraction of sp³-hybridized carbons (Fsp3) is 0.240. The minimum atomic E-state index is -4.57. The lowest BCUT2D eigenvalue weighted by Gasteiger charge is -2.28. The summed E-state index contributed by atoms with van der Waals surface area (Å²) < 4.78 is 38.5. The molecule has 11 heteroatoms. The lowest BCUT2D eigenvalue weighted by molar-refractivity contribution is -0.143. The molecule has 0 aliphatic carbocycles. The van der Waals surface area contributed by atoms with Gasteiger partial charge in [-0.25, -0.2) is 10.0 Å². The number of para-hydroxylation sites is 1. The molecule has 0 unspecified atom stereocenters. The van der Waals surface area contributed by atoms with Crippen LogP contribution in [0.5, 0.6) is 0 Å². The first kappa shape index (κ1) is 24.1. The van der Waals surface area contributed by atoms with Crippen molar-refractivity contribution in [1.82, 2.24) is 9.88 Å². The molecule has 0 spiro atoms. The van der Waals surface area contributed by atoms with E-state index in [9.17, 15) is 22.8 Å². The number of amides is 2. The highest BCUT2D eigenvalue weighted by molar-refractivity contribution is 6.33. The Hall–Kier alpha value is -3.63. The maximum atomic E-state index is 13.4. The van der Waals surface area contributed by atoms with E-state index in [0.717, 1.165) is 22.2 Å².